The molecule has 136 valence electrons. The Kier molecular flexibility index (Phi) is 7.61. The number of rotatable bonds is 5. The molecule has 0 radical (unpaired) electrons. The molecule has 24 heavy (non-hydrogen) atoms. The first-order valence-electron chi connectivity index (χ1n) is 7.06. The molecule has 0 aromatic carbocycles. The van der Waals surface area contributed by atoms with E-state index in [1.807, 2.05) is 0 Å². The second-order valence-electron chi connectivity index (χ2n) is 5.05. The molecule has 10 heteroatoms. The summed E-state index contributed by atoms with van der Waals surface area (Å²) in [7, 11) is 0. The molecule has 9 nitrogen and oxygen atoms in total. The molecule has 5 atom stereocenters. The van der Waals surface area contributed by atoms with Gasteiger partial charge in [-0.2, -0.15) is 0 Å². The third-order valence-corrected chi connectivity index (χ3v) is 3.67. The van der Waals surface area contributed by atoms with Crippen LogP contribution in [0.4, 0.5) is 0 Å². The van der Waals surface area contributed by atoms with E-state index in [9.17, 15) is 19.2 Å². The number of esters is 4. The Hall–Kier alpha value is -1.68. The van der Waals surface area contributed by atoms with Crippen molar-refractivity contribution in [3.05, 3.63) is 0 Å². The summed E-state index contributed by atoms with van der Waals surface area (Å²) in [5.74, 6) is -2.52. The van der Waals surface area contributed by atoms with Gasteiger partial charge in [0.25, 0.3) is 0 Å². The van der Waals surface area contributed by atoms with Crippen molar-refractivity contribution >= 4 is 39.8 Å². The van der Waals surface area contributed by atoms with Crippen molar-refractivity contribution in [3.8, 4) is 0 Å². The minimum Gasteiger partial charge on any atom is -0.463 e. The Morgan fingerprint density at radius 3 is 1.71 bits per heavy atom. The van der Waals surface area contributed by atoms with Crippen molar-refractivity contribution in [2.75, 3.05) is 6.61 Å². The molecule has 1 aliphatic heterocycles. The van der Waals surface area contributed by atoms with Crippen LogP contribution in [0.1, 0.15) is 27.7 Å². The standard InChI is InChI=1S/C14H19BrO9/c1-6(16)20-5-10-11(21-7(2)17)12(22-8(3)18)13(14(15)24-10)23-9(4)19/h10-14H,5H2,1-4H3/t10-,11+,12+,13-,14+/m1/s1. The SMILES string of the molecule is CC(=O)OC[C@H]1O[C@H](Br)[C@H](OC(C)=O)[C@@H](OC(C)=O)[C@H]1OC(C)=O. The van der Waals surface area contributed by atoms with Crippen LogP contribution in [-0.4, -0.2) is 59.9 Å². The minimum atomic E-state index is -1.13. The van der Waals surface area contributed by atoms with E-state index in [1.165, 1.54) is 13.8 Å². The summed E-state index contributed by atoms with van der Waals surface area (Å²) >= 11 is 3.18. The zero-order valence-electron chi connectivity index (χ0n) is 13.6. The largest absolute Gasteiger partial charge is 0.463 e. The smallest absolute Gasteiger partial charge is 0.303 e. The molecule has 1 heterocycles. The molecular weight excluding hydrogens is 392 g/mol. The Bertz CT molecular complexity index is 506. The number of alkyl halides is 1. The molecule has 1 rings (SSSR count). The van der Waals surface area contributed by atoms with Crippen LogP contribution in [0.5, 0.6) is 0 Å². The van der Waals surface area contributed by atoms with Gasteiger partial charge in [-0.05, 0) is 0 Å². The first-order chi connectivity index (χ1) is 11.1. The van der Waals surface area contributed by atoms with Crippen LogP contribution in [0.15, 0.2) is 0 Å². The van der Waals surface area contributed by atoms with Crippen LogP contribution in [-0.2, 0) is 42.9 Å². The fraction of sp³-hybridized carbons (Fsp3) is 0.714. The van der Waals surface area contributed by atoms with Gasteiger partial charge in [-0.3, -0.25) is 19.2 Å². The predicted molar refractivity (Wildman–Crippen MR) is 80.9 cm³/mol. The van der Waals surface area contributed by atoms with Crippen LogP contribution < -0.4 is 0 Å². The zero-order valence-corrected chi connectivity index (χ0v) is 15.2. The maximum Gasteiger partial charge on any atom is 0.303 e. The number of carbonyl (C=O) groups is 4. The Labute approximate surface area is 147 Å². The van der Waals surface area contributed by atoms with Crippen LogP contribution >= 0.6 is 15.9 Å². The third kappa shape index (κ3) is 6.08. The molecule has 1 fully saturated rings. The van der Waals surface area contributed by atoms with Gasteiger partial charge in [0.15, 0.2) is 23.3 Å². The summed E-state index contributed by atoms with van der Waals surface area (Å²) in [5, 5.41) is -0.863. The lowest BCUT2D eigenvalue weighted by Gasteiger charge is -2.42. The van der Waals surface area contributed by atoms with Crippen LogP contribution in [0.2, 0.25) is 0 Å². The highest BCUT2D eigenvalue weighted by Crippen LogP contribution is 2.31. The van der Waals surface area contributed by atoms with E-state index in [1.54, 1.807) is 0 Å². The maximum absolute atomic E-state index is 11.4. The zero-order chi connectivity index (χ0) is 18.4. The van der Waals surface area contributed by atoms with Gasteiger partial charge in [0.05, 0.1) is 0 Å². The number of carbonyl (C=O) groups excluding carboxylic acids is 4. The lowest BCUT2D eigenvalue weighted by molar-refractivity contribution is -0.236. The van der Waals surface area contributed by atoms with E-state index < -0.39 is 53.3 Å². The summed E-state index contributed by atoms with van der Waals surface area (Å²) in [5.41, 5.74) is 0. The molecule has 0 N–H and O–H groups in total. The molecule has 0 aromatic rings. The molecule has 0 amide bonds. The van der Waals surface area contributed by atoms with Crippen molar-refractivity contribution in [2.45, 2.75) is 57.1 Å². The lowest BCUT2D eigenvalue weighted by atomic mass is 9.99. The topological polar surface area (TPSA) is 114 Å². The van der Waals surface area contributed by atoms with E-state index in [-0.39, 0.29) is 6.61 Å². The number of hydrogen-bond donors (Lipinski definition) is 0. The fourth-order valence-corrected chi connectivity index (χ4v) is 2.86. The van der Waals surface area contributed by atoms with Crippen molar-refractivity contribution in [1.82, 2.24) is 0 Å². The second-order valence-corrected chi connectivity index (χ2v) is 5.95. The van der Waals surface area contributed by atoms with E-state index in [4.69, 9.17) is 23.7 Å². The van der Waals surface area contributed by atoms with Crippen molar-refractivity contribution in [1.29, 1.82) is 0 Å². The lowest BCUT2D eigenvalue weighted by Crippen LogP contribution is -2.60. The summed E-state index contributed by atoms with van der Waals surface area (Å²) < 4.78 is 25.9. The maximum atomic E-state index is 11.4. The molecule has 0 aromatic heterocycles. The van der Waals surface area contributed by atoms with Gasteiger partial charge in [-0.15, -0.1) is 0 Å². The molecule has 0 unspecified atom stereocenters. The Balaban J connectivity index is 3.11. The van der Waals surface area contributed by atoms with Gasteiger partial charge >= 0.3 is 23.9 Å². The second kappa shape index (κ2) is 8.97. The summed E-state index contributed by atoms with van der Waals surface area (Å²) in [6, 6.07) is 0. The monoisotopic (exact) mass is 410 g/mol. The third-order valence-electron chi connectivity index (χ3n) is 2.93. The molecule has 0 aliphatic carbocycles. The highest BCUT2D eigenvalue weighted by Gasteiger charge is 2.51. The van der Waals surface area contributed by atoms with E-state index in [0.717, 1.165) is 13.8 Å². The first kappa shape index (κ1) is 20.4. The predicted octanol–water partition coefficient (Wildman–Crippen LogP) is 0.464. The summed E-state index contributed by atoms with van der Waals surface area (Å²) in [6.07, 6.45) is -4.22. The summed E-state index contributed by atoms with van der Waals surface area (Å²) in [4.78, 5) is 45.1. The van der Waals surface area contributed by atoms with Gasteiger partial charge in [0, 0.05) is 27.7 Å². The molecule has 0 bridgehead atoms. The summed E-state index contributed by atoms with van der Waals surface area (Å²) in [6.45, 7) is 4.47. The van der Waals surface area contributed by atoms with Crippen LogP contribution in [0.3, 0.4) is 0 Å². The highest BCUT2D eigenvalue weighted by atomic mass is 79.9. The van der Waals surface area contributed by atoms with Gasteiger partial charge in [0.1, 0.15) is 12.7 Å². The van der Waals surface area contributed by atoms with Crippen LogP contribution in [0.25, 0.3) is 0 Å². The van der Waals surface area contributed by atoms with Gasteiger partial charge in [-0.1, -0.05) is 15.9 Å². The van der Waals surface area contributed by atoms with Gasteiger partial charge < -0.3 is 23.7 Å². The van der Waals surface area contributed by atoms with Gasteiger partial charge in [0.2, 0.25) is 0 Å². The Morgan fingerprint density at radius 1 is 0.792 bits per heavy atom. The molecule has 0 spiro atoms. The molecule has 1 aliphatic rings. The molecule has 1 saturated heterocycles. The van der Waals surface area contributed by atoms with Crippen LogP contribution in [0, 0.1) is 0 Å². The van der Waals surface area contributed by atoms with E-state index in [2.05, 4.69) is 15.9 Å². The van der Waals surface area contributed by atoms with Crippen molar-refractivity contribution in [2.24, 2.45) is 0 Å². The normalized spacial score (nSPS) is 29.3. The number of ether oxygens (including phenoxy) is 5. The van der Waals surface area contributed by atoms with Gasteiger partial charge in [-0.25, -0.2) is 0 Å². The minimum absolute atomic E-state index is 0.236. The fourth-order valence-electron chi connectivity index (χ4n) is 2.18. The average molecular weight is 411 g/mol. The van der Waals surface area contributed by atoms with Crippen molar-refractivity contribution in [3.63, 3.8) is 0 Å². The van der Waals surface area contributed by atoms with Crippen molar-refractivity contribution < 1.29 is 42.9 Å². The highest BCUT2D eigenvalue weighted by molar-refractivity contribution is 9.09. The average Bonchev–Trinajstić information content (AvgIpc) is 2.42. The number of halogens is 1. The first-order valence-corrected chi connectivity index (χ1v) is 7.98. The number of hydrogen-bond acceptors (Lipinski definition) is 9. The quantitative estimate of drug-likeness (QED) is 0.362. The molecule has 0 saturated carbocycles. The Morgan fingerprint density at radius 2 is 1.25 bits per heavy atom. The van der Waals surface area contributed by atoms with E-state index in [0.29, 0.717) is 0 Å². The molecular formula is C14H19BrO9. The van der Waals surface area contributed by atoms with E-state index >= 15 is 0 Å².